The molecule has 19 heavy (non-hydrogen) atoms. The molecule has 1 aromatic carbocycles. The molecule has 3 nitrogen and oxygen atoms in total. The molecule has 0 N–H and O–H groups in total. The van der Waals surface area contributed by atoms with Crippen molar-refractivity contribution in [2.45, 2.75) is 13.3 Å². The van der Waals surface area contributed by atoms with Crippen molar-refractivity contribution in [2.75, 3.05) is 7.11 Å². The molecule has 0 spiro atoms. The fourth-order valence-electron chi connectivity index (χ4n) is 1.62. The third-order valence-corrected chi connectivity index (χ3v) is 5.05. The van der Waals surface area contributed by atoms with Gasteiger partial charge in [0, 0.05) is 10.0 Å². The number of aromatic nitrogens is 2. The van der Waals surface area contributed by atoms with Crippen LogP contribution in [0.25, 0.3) is 11.4 Å². The molecule has 0 amide bonds. The van der Waals surface area contributed by atoms with Crippen LogP contribution in [-0.4, -0.2) is 17.1 Å². The number of rotatable bonds is 3. The summed E-state index contributed by atoms with van der Waals surface area (Å²) in [7, 11) is 1.63. The Bertz CT molecular complexity index is 622. The van der Waals surface area contributed by atoms with Gasteiger partial charge in [-0.2, -0.15) is 0 Å². The lowest BCUT2D eigenvalue weighted by Crippen LogP contribution is -2.00. The Morgan fingerprint density at radius 2 is 2.11 bits per heavy atom. The fraction of sp³-hybridized carbons (Fsp3) is 0.231. The molecule has 0 aliphatic heterocycles. The molecule has 0 aliphatic rings. The first-order valence-corrected chi connectivity index (χ1v) is 7.87. The van der Waals surface area contributed by atoms with Gasteiger partial charge in [0.2, 0.25) is 0 Å². The van der Waals surface area contributed by atoms with Crippen molar-refractivity contribution in [3.63, 3.8) is 0 Å². The van der Waals surface area contributed by atoms with Gasteiger partial charge in [-0.05, 0) is 47.2 Å². The summed E-state index contributed by atoms with van der Waals surface area (Å²) < 4.78 is 7.05. The lowest BCUT2D eigenvalue weighted by Gasteiger charge is -2.09. The van der Waals surface area contributed by atoms with Gasteiger partial charge in [-0.3, -0.25) is 0 Å². The Labute approximate surface area is 139 Å². The topological polar surface area (TPSA) is 35.0 Å². The molecule has 6 heteroatoms. The highest BCUT2D eigenvalue weighted by Crippen LogP contribution is 2.31. The molecular weight excluding hydrogens is 442 g/mol. The monoisotopic (exact) mass is 452 g/mol. The molecule has 0 atom stereocenters. The van der Waals surface area contributed by atoms with Crippen LogP contribution in [0, 0.1) is 3.57 Å². The largest absolute Gasteiger partial charge is 0.497 e. The third kappa shape index (κ3) is 3.20. The lowest BCUT2D eigenvalue weighted by molar-refractivity contribution is 0.415. The number of halogens is 3. The van der Waals surface area contributed by atoms with Gasteiger partial charge >= 0.3 is 0 Å². The summed E-state index contributed by atoms with van der Waals surface area (Å²) >= 11 is 11.8. The van der Waals surface area contributed by atoms with Crippen LogP contribution < -0.4 is 4.74 Å². The normalized spacial score (nSPS) is 10.6. The maximum Gasteiger partial charge on any atom is 0.162 e. The van der Waals surface area contributed by atoms with Crippen molar-refractivity contribution in [2.24, 2.45) is 0 Å². The van der Waals surface area contributed by atoms with Crippen LogP contribution >= 0.6 is 50.1 Å². The Morgan fingerprint density at radius 3 is 2.74 bits per heavy atom. The van der Waals surface area contributed by atoms with E-state index in [1.54, 1.807) is 7.11 Å². The smallest absolute Gasteiger partial charge is 0.162 e. The van der Waals surface area contributed by atoms with Gasteiger partial charge in [0.1, 0.15) is 10.9 Å². The van der Waals surface area contributed by atoms with Crippen molar-refractivity contribution in [3.8, 4) is 17.1 Å². The number of benzene rings is 1. The number of ether oxygens (including phenoxy) is 1. The van der Waals surface area contributed by atoms with Crippen molar-refractivity contribution in [3.05, 3.63) is 37.1 Å². The molecule has 0 bridgehead atoms. The number of methoxy groups -OCH3 is 1. The van der Waals surface area contributed by atoms with Crippen LogP contribution in [0.3, 0.4) is 0 Å². The van der Waals surface area contributed by atoms with Gasteiger partial charge in [-0.15, -0.1) is 0 Å². The average Bonchev–Trinajstić information content (AvgIpc) is 2.42. The van der Waals surface area contributed by atoms with Gasteiger partial charge in [0.05, 0.1) is 16.4 Å². The summed E-state index contributed by atoms with van der Waals surface area (Å²) in [5.74, 6) is 1.36. The van der Waals surface area contributed by atoms with E-state index in [-0.39, 0.29) is 0 Å². The second-order valence-corrected chi connectivity index (χ2v) is 6.09. The van der Waals surface area contributed by atoms with E-state index < -0.39 is 0 Å². The molecule has 2 aromatic rings. The van der Waals surface area contributed by atoms with Crippen molar-refractivity contribution >= 4 is 50.1 Å². The summed E-state index contributed by atoms with van der Waals surface area (Å²) in [6.07, 6.45) is 0.815. The van der Waals surface area contributed by atoms with E-state index in [4.69, 9.17) is 16.3 Å². The van der Waals surface area contributed by atoms with Gasteiger partial charge in [0.25, 0.3) is 0 Å². The van der Waals surface area contributed by atoms with Crippen LogP contribution in [0.4, 0.5) is 0 Å². The molecule has 0 saturated heterocycles. The van der Waals surface area contributed by atoms with Crippen LogP contribution in [0.5, 0.6) is 5.75 Å². The Kier molecular flexibility index (Phi) is 5.03. The minimum atomic E-state index is 0.483. The summed E-state index contributed by atoms with van der Waals surface area (Å²) in [6, 6.07) is 5.68. The Balaban J connectivity index is 2.61. The predicted octanol–water partition coefficient (Wildman–Crippen LogP) is 4.74. The molecule has 0 saturated carbocycles. The van der Waals surface area contributed by atoms with E-state index >= 15 is 0 Å². The average molecular weight is 454 g/mol. The van der Waals surface area contributed by atoms with E-state index in [1.807, 2.05) is 25.1 Å². The van der Waals surface area contributed by atoms with E-state index in [0.29, 0.717) is 11.0 Å². The summed E-state index contributed by atoms with van der Waals surface area (Å²) in [4.78, 5) is 8.92. The first kappa shape index (κ1) is 15.0. The fourth-order valence-corrected chi connectivity index (χ4v) is 2.86. The van der Waals surface area contributed by atoms with Crippen LogP contribution in [0.1, 0.15) is 12.6 Å². The molecular formula is C13H11BrClIN2O. The van der Waals surface area contributed by atoms with Crippen LogP contribution in [0.2, 0.25) is 5.15 Å². The zero-order chi connectivity index (χ0) is 14.0. The summed E-state index contributed by atoms with van der Waals surface area (Å²) in [6.45, 7) is 2.05. The zero-order valence-electron chi connectivity index (χ0n) is 10.4. The van der Waals surface area contributed by atoms with Crippen molar-refractivity contribution in [1.29, 1.82) is 0 Å². The maximum absolute atomic E-state index is 6.17. The third-order valence-electron chi connectivity index (χ3n) is 2.63. The number of nitrogens with zero attached hydrogens (tertiary/aromatic N) is 2. The number of hydrogen-bond acceptors (Lipinski definition) is 3. The number of aryl methyl sites for hydroxylation is 1. The second-order valence-electron chi connectivity index (χ2n) is 3.80. The SMILES string of the molecule is CCc1nc(-c2cc(OC)ccc2Br)nc(Cl)c1I. The molecule has 0 fully saturated rings. The second kappa shape index (κ2) is 6.37. The molecule has 1 aromatic heterocycles. The van der Waals surface area contributed by atoms with E-state index in [1.165, 1.54) is 0 Å². The van der Waals surface area contributed by atoms with Crippen LogP contribution in [0.15, 0.2) is 22.7 Å². The maximum atomic E-state index is 6.17. The van der Waals surface area contributed by atoms with E-state index in [2.05, 4.69) is 48.5 Å². The Morgan fingerprint density at radius 1 is 1.37 bits per heavy atom. The molecule has 2 rings (SSSR count). The molecule has 1 heterocycles. The van der Waals surface area contributed by atoms with E-state index in [9.17, 15) is 0 Å². The molecule has 100 valence electrons. The zero-order valence-corrected chi connectivity index (χ0v) is 14.9. The quantitative estimate of drug-likeness (QED) is 0.498. The summed E-state index contributed by atoms with van der Waals surface area (Å²) in [5.41, 5.74) is 1.82. The first-order valence-electron chi connectivity index (χ1n) is 5.62. The summed E-state index contributed by atoms with van der Waals surface area (Å²) in [5, 5.41) is 0.483. The Hall–Kier alpha value is -0.400. The highest BCUT2D eigenvalue weighted by Gasteiger charge is 2.13. The highest BCUT2D eigenvalue weighted by atomic mass is 127. The number of hydrogen-bond donors (Lipinski definition) is 0. The standard InChI is InChI=1S/C13H11BrClIN2O/c1-3-10-11(16)12(15)18-13(17-10)8-6-7(19-2)4-5-9(8)14/h4-6H,3H2,1-2H3. The van der Waals surface area contributed by atoms with Gasteiger partial charge in [0.15, 0.2) is 5.82 Å². The molecule has 0 radical (unpaired) electrons. The van der Waals surface area contributed by atoms with Crippen molar-refractivity contribution in [1.82, 2.24) is 9.97 Å². The minimum absolute atomic E-state index is 0.483. The predicted molar refractivity (Wildman–Crippen MR) is 88.8 cm³/mol. The first-order chi connectivity index (χ1) is 9.06. The minimum Gasteiger partial charge on any atom is -0.497 e. The van der Waals surface area contributed by atoms with Gasteiger partial charge < -0.3 is 4.74 Å². The highest BCUT2D eigenvalue weighted by molar-refractivity contribution is 14.1. The lowest BCUT2D eigenvalue weighted by atomic mass is 10.2. The van der Waals surface area contributed by atoms with Crippen molar-refractivity contribution < 1.29 is 4.74 Å². The van der Waals surface area contributed by atoms with Gasteiger partial charge in [-0.25, -0.2) is 9.97 Å². The van der Waals surface area contributed by atoms with Gasteiger partial charge in [-0.1, -0.05) is 34.5 Å². The van der Waals surface area contributed by atoms with E-state index in [0.717, 1.165) is 31.5 Å². The van der Waals surface area contributed by atoms with Crippen LogP contribution in [-0.2, 0) is 6.42 Å². The molecule has 0 aliphatic carbocycles. The molecule has 0 unspecified atom stereocenters.